The fourth-order valence-electron chi connectivity index (χ4n) is 2.73. The highest BCUT2D eigenvalue weighted by Crippen LogP contribution is 2.42. The van der Waals surface area contributed by atoms with Gasteiger partial charge in [0, 0.05) is 22.0 Å². The van der Waals surface area contributed by atoms with Crippen molar-refractivity contribution in [1.82, 2.24) is 9.97 Å². The molecule has 0 bridgehead atoms. The number of rotatable bonds is 2. The molecule has 3 nitrogen and oxygen atoms in total. The molecule has 1 aliphatic rings. The van der Waals surface area contributed by atoms with Crippen LogP contribution >= 0.6 is 22.7 Å². The number of nitrogens with two attached hydrogens (primary N) is 1. The lowest BCUT2D eigenvalue weighted by molar-refractivity contribution is 0.282. The average Bonchev–Trinajstić information content (AvgIpc) is 2.84. The van der Waals surface area contributed by atoms with Gasteiger partial charge in [0.25, 0.3) is 0 Å². The van der Waals surface area contributed by atoms with Crippen LogP contribution in [0.15, 0.2) is 5.38 Å². The molecule has 0 aliphatic heterocycles. The van der Waals surface area contributed by atoms with Crippen molar-refractivity contribution in [3.05, 3.63) is 31.7 Å². The third kappa shape index (κ3) is 2.73. The third-order valence-corrected chi connectivity index (χ3v) is 5.69. The van der Waals surface area contributed by atoms with Crippen LogP contribution in [0.4, 0.5) is 0 Å². The Morgan fingerprint density at radius 3 is 2.84 bits per heavy atom. The molecule has 1 unspecified atom stereocenters. The zero-order valence-corrected chi connectivity index (χ0v) is 13.2. The van der Waals surface area contributed by atoms with Crippen molar-refractivity contribution in [2.75, 3.05) is 0 Å². The lowest BCUT2D eigenvalue weighted by Crippen LogP contribution is -2.28. The molecule has 0 spiro atoms. The largest absolute Gasteiger partial charge is 0.323 e. The van der Waals surface area contributed by atoms with E-state index in [1.807, 2.05) is 6.92 Å². The van der Waals surface area contributed by atoms with Gasteiger partial charge in [0.2, 0.25) is 0 Å². The minimum atomic E-state index is 0.156. The molecule has 0 fully saturated rings. The minimum absolute atomic E-state index is 0.156. The van der Waals surface area contributed by atoms with Crippen molar-refractivity contribution in [1.29, 1.82) is 0 Å². The molecular weight excluding hydrogens is 274 g/mol. The van der Waals surface area contributed by atoms with Crippen LogP contribution < -0.4 is 5.73 Å². The van der Waals surface area contributed by atoms with Crippen molar-refractivity contribution < 1.29 is 0 Å². The van der Waals surface area contributed by atoms with Crippen LogP contribution in [0.2, 0.25) is 0 Å². The number of aromatic nitrogens is 2. The topological polar surface area (TPSA) is 51.8 Å². The second-order valence-corrected chi connectivity index (χ2v) is 8.19. The van der Waals surface area contributed by atoms with Gasteiger partial charge >= 0.3 is 0 Å². The molecule has 5 heteroatoms. The second kappa shape index (κ2) is 4.65. The van der Waals surface area contributed by atoms with Crippen molar-refractivity contribution in [3.63, 3.8) is 0 Å². The van der Waals surface area contributed by atoms with Crippen LogP contribution in [-0.2, 0) is 12.8 Å². The maximum Gasteiger partial charge on any atom is 0.0999 e. The normalized spacial score (nSPS) is 21.4. The van der Waals surface area contributed by atoms with Gasteiger partial charge in [-0.2, -0.15) is 0 Å². The van der Waals surface area contributed by atoms with E-state index in [0.29, 0.717) is 0 Å². The highest BCUT2D eigenvalue weighted by atomic mass is 32.1. The Morgan fingerprint density at radius 1 is 1.37 bits per heavy atom. The SMILES string of the molecule is Cc1csc(Cc2nc3c(s2)C(N)CC(C)(C)C3)n1. The number of hydrogen-bond acceptors (Lipinski definition) is 5. The standard InChI is InChI=1S/C14H19N3S2/c1-8-7-18-11(16-8)4-12-17-10-6-14(2,3)5-9(15)13(10)19-12/h7,9H,4-6,15H2,1-3H3. The van der Waals surface area contributed by atoms with E-state index < -0.39 is 0 Å². The Kier molecular flexibility index (Phi) is 3.23. The first-order valence-electron chi connectivity index (χ1n) is 6.58. The molecule has 0 radical (unpaired) electrons. The van der Waals surface area contributed by atoms with Gasteiger partial charge in [0.05, 0.1) is 22.1 Å². The van der Waals surface area contributed by atoms with Crippen LogP contribution in [-0.4, -0.2) is 9.97 Å². The van der Waals surface area contributed by atoms with Gasteiger partial charge in [-0.25, -0.2) is 9.97 Å². The average molecular weight is 293 g/mol. The monoisotopic (exact) mass is 293 g/mol. The Morgan fingerprint density at radius 2 is 2.16 bits per heavy atom. The van der Waals surface area contributed by atoms with Gasteiger partial charge in [0.1, 0.15) is 0 Å². The van der Waals surface area contributed by atoms with E-state index >= 15 is 0 Å². The smallest absolute Gasteiger partial charge is 0.0999 e. The Labute approximate surface area is 121 Å². The van der Waals surface area contributed by atoms with Gasteiger partial charge in [-0.3, -0.25) is 0 Å². The van der Waals surface area contributed by atoms with Crippen molar-refractivity contribution >= 4 is 22.7 Å². The highest BCUT2D eigenvalue weighted by Gasteiger charge is 2.33. The molecule has 1 aliphatic carbocycles. The molecule has 2 aromatic rings. The van der Waals surface area contributed by atoms with Gasteiger partial charge in [-0.1, -0.05) is 13.8 Å². The Balaban J connectivity index is 1.86. The lowest BCUT2D eigenvalue weighted by atomic mass is 9.77. The summed E-state index contributed by atoms with van der Waals surface area (Å²) in [6, 6.07) is 0.156. The van der Waals surface area contributed by atoms with Crippen LogP contribution in [0.1, 0.15) is 52.6 Å². The van der Waals surface area contributed by atoms with Gasteiger partial charge in [0.15, 0.2) is 0 Å². The zero-order chi connectivity index (χ0) is 13.6. The summed E-state index contributed by atoms with van der Waals surface area (Å²) in [5.41, 5.74) is 8.88. The molecule has 19 heavy (non-hydrogen) atoms. The van der Waals surface area contributed by atoms with Gasteiger partial charge < -0.3 is 5.73 Å². The number of hydrogen-bond donors (Lipinski definition) is 1. The van der Waals surface area contributed by atoms with Crippen LogP contribution in [0.3, 0.4) is 0 Å². The molecule has 0 saturated heterocycles. The number of aryl methyl sites for hydroxylation is 1. The maximum atomic E-state index is 6.29. The van der Waals surface area contributed by atoms with Gasteiger partial charge in [-0.05, 0) is 25.2 Å². The summed E-state index contributed by atoms with van der Waals surface area (Å²) in [6.07, 6.45) is 2.95. The molecule has 3 rings (SSSR count). The first-order chi connectivity index (χ1) is 8.93. The van der Waals surface area contributed by atoms with Gasteiger partial charge in [-0.15, -0.1) is 22.7 Å². The summed E-state index contributed by atoms with van der Waals surface area (Å²) in [5, 5.41) is 4.40. The first kappa shape index (κ1) is 13.2. The molecular formula is C14H19N3S2. The molecule has 102 valence electrons. The van der Waals surface area contributed by atoms with Crippen LogP contribution in [0, 0.1) is 12.3 Å². The zero-order valence-electron chi connectivity index (χ0n) is 11.6. The highest BCUT2D eigenvalue weighted by molar-refractivity contribution is 7.12. The minimum Gasteiger partial charge on any atom is -0.323 e. The predicted molar refractivity (Wildman–Crippen MR) is 80.8 cm³/mol. The molecule has 2 N–H and O–H groups in total. The summed E-state index contributed by atoms with van der Waals surface area (Å²) >= 11 is 3.49. The van der Waals surface area contributed by atoms with Crippen molar-refractivity contribution in [2.24, 2.45) is 11.1 Å². The molecule has 2 aromatic heterocycles. The first-order valence-corrected chi connectivity index (χ1v) is 8.28. The van der Waals surface area contributed by atoms with E-state index in [-0.39, 0.29) is 11.5 Å². The quantitative estimate of drug-likeness (QED) is 0.922. The van der Waals surface area contributed by atoms with E-state index in [4.69, 9.17) is 10.7 Å². The number of nitrogens with zero attached hydrogens (tertiary/aromatic N) is 2. The Hall–Kier alpha value is -0.780. The van der Waals surface area contributed by atoms with Crippen LogP contribution in [0.5, 0.6) is 0 Å². The maximum absolute atomic E-state index is 6.29. The van der Waals surface area contributed by atoms with E-state index in [1.54, 1.807) is 22.7 Å². The van der Waals surface area contributed by atoms with Crippen molar-refractivity contribution in [2.45, 2.75) is 46.1 Å². The molecule has 0 amide bonds. The summed E-state index contributed by atoms with van der Waals surface area (Å²) in [4.78, 5) is 10.6. The third-order valence-electron chi connectivity index (χ3n) is 3.50. The molecule has 0 aromatic carbocycles. The summed E-state index contributed by atoms with van der Waals surface area (Å²) in [5.74, 6) is 0. The molecule has 0 saturated carbocycles. The lowest BCUT2D eigenvalue weighted by Gasteiger charge is -2.32. The molecule has 1 atom stereocenters. The fourth-order valence-corrected chi connectivity index (χ4v) is 4.69. The number of fused-ring (bicyclic) bond motifs is 1. The molecule has 2 heterocycles. The van der Waals surface area contributed by atoms with Crippen molar-refractivity contribution in [3.8, 4) is 0 Å². The summed E-state index contributed by atoms with van der Waals surface area (Å²) in [7, 11) is 0. The van der Waals surface area contributed by atoms with E-state index in [1.165, 1.54) is 10.6 Å². The fraction of sp³-hybridized carbons (Fsp3) is 0.571. The predicted octanol–water partition coefficient (Wildman–Crippen LogP) is 3.47. The van der Waals surface area contributed by atoms with Crippen LogP contribution in [0.25, 0.3) is 0 Å². The van der Waals surface area contributed by atoms with E-state index in [2.05, 4.69) is 24.2 Å². The second-order valence-electron chi connectivity index (χ2n) is 6.13. The van der Waals surface area contributed by atoms with E-state index in [0.717, 1.165) is 35.0 Å². The summed E-state index contributed by atoms with van der Waals surface area (Å²) < 4.78 is 0. The van der Waals surface area contributed by atoms with E-state index in [9.17, 15) is 0 Å². The number of thiazole rings is 2. The Bertz CT molecular complexity index is 598. The summed E-state index contributed by atoms with van der Waals surface area (Å²) in [6.45, 7) is 6.59.